The third-order valence-electron chi connectivity index (χ3n) is 3.74. The van der Waals surface area contributed by atoms with Gasteiger partial charge in [-0.25, -0.2) is 0 Å². The molecule has 0 amide bonds. The first-order valence-electron chi connectivity index (χ1n) is 7.63. The molecule has 0 aliphatic carbocycles. The second kappa shape index (κ2) is 5.43. The Morgan fingerprint density at radius 2 is 2.24 bits per heavy atom. The molecule has 0 radical (unpaired) electrons. The molecule has 0 fully saturated rings. The molecule has 0 saturated heterocycles. The van der Waals surface area contributed by atoms with Gasteiger partial charge in [0.1, 0.15) is 11.4 Å². The van der Waals surface area contributed by atoms with E-state index in [4.69, 9.17) is 4.74 Å². The molecule has 4 nitrogen and oxygen atoms in total. The number of nitrogens with zero attached hydrogens (tertiary/aromatic N) is 2. The van der Waals surface area contributed by atoms with Crippen molar-refractivity contribution in [3.8, 4) is 5.75 Å². The summed E-state index contributed by atoms with van der Waals surface area (Å²) in [5.41, 5.74) is 3.48. The van der Waals surface area contributed by atoms with Gasteiger partial charge in [0.25, 0.3) is 0 Å². The van der Waals surface area contributed by atoms with E-state index in [1.165, 1.54) is 11.1 Å². The Hall–Kier alpha value is -1.97. The number of rotatable bonds is 5. The Balaban J connectivity index is 1.70. The van der Waals surface area contributed by atoms with Crippen molar-refractivity contribution in [3.05, 3.63) is 41.7 Å². The van der Waals surface area contributed by atoms with E-state index in [0.29, 0.717) is 0 Å². The highest BCUT2D eigenvalue weighted by Crippen LogP contribution is 2.37. The zero-order valence-corrected chi connectivity index (χ0v) is 13.0. The van der Waals surface area contributed by atoms with Crippen LogP contribution in [0.15, 0.2) is 30.6 Å². The van der Waals surface area contributed by atoms with Crippen molar-refractivity contribution in [2.75, 3.05) is 5.32 Å². The van der Waals surface area contributed by atoms with Crippen LogP contribution < -0.4 is 10.1 Å². The number of nitrogens with one attached hydrogen (secondary N) is 1. The molecule has 2 heterocycles. The fourth-order valence-electron chi connectivity index (χ4n) is 2.82. The molecule has 2 aromatic rings. The average molecular weight is 285 g/mol. The van der Waals surface area contributed by atoms with Gasteiger partial charge < -0.3 is 10.1 Å². The number of aromatic nitrogens is 2. The maximum Gasteiger partial charge on any atom is 0.128 e. The first kappa shape index (κ1) is 14.0. The Morgan fingerprint density at radius 1 is 1.38 bits per heavy atom. The number of ether oxygens (including phenoxy) is 1. The third-order valence-corrected chi connectivity index (χ3v) is 3.74. The van der Waals surface area contributed by atoms with Crippen molar-refractivity contribution in [2.24, 2.45) is 0 Å². The summed E-state index contributed by atoms with van der Waals surface area (Å²) >= 11 is 0. The number of anilines is 1. The lowest BCUT2D eigenvalue weighted by Gasteiger charge is -2.18. The maximum atomic E-state index is 6.10. The summed E-state index contributed by atoms with van der Waals surface area (Å²) in [6.07, 6.45) is 6.00. The highest BCUT2D eigenvalue weighted by atomic mass is 16.5. The number of hydrogen-bond acceptors (Lipinski definition) is 3. The fourth-order valence-corrected chi connectivity index (χ4v) is 2.82. The number of aryl methyl sites for hydroxylation is 1. The summed E-state index contributed by atoms with van der Waals surface area (Å²) in [6.45, 7) is 8.15. The molecule has 1 aliphatic heterocycles. The second-order valence-electron chi connectivity index (χ2n) is 6.29. The minimum absolute atomic E-state index is 0.0928. The van der Waals surface area contributed by atoms with E-state index in [-0.39, 0.29) is 5.60 Å². The van der Waals surface area contributed by atoms with Crippen LogP contribution in [0, 0.1) is 0 Å². The highest BCUT2D eigenvalue weighted by molar-refractivity contribution is 5.48. The van der Waals surface area contributed by atoms with Crippen molar-refractivity contribution in [1.29, 1.82) is 0 Å². The Bertz CT molecular complexity index is 631. The smallest absolute Gasteiger partial charge is 0.128 e. The van der Waals surface area contributed by atoms with Gasteiger partial charge in [0.15, 0.2) is 0 Å². The Kier molecular flexibility index (Phi) is 3.62. The molecule has 4 heteroatoms. The molecule has 3 rings (SSSR count). The lowest BCUT2D eigenvalue weighted by Crippen LogP contribution is -2.25. The van der Waals surface area contributed by atoms with Gasteiger partial charge in [-0.15, -0.1) is 0 Å². The molecule has 0 spiro atoms. The van der Waals surface area contributed by atoms with Gasteiger partial charge in [-0.2, -0.15) is 5.10 Å². The third kappa shape index (κ3) is 3.04. The molecular formula is C17H23N3O. The van der Waals surface area contributed by atoms with E-state index in [9.17, 15) is 0 Å². The van der Waals surface area contributed by atoms with Crippen molar-refractivity contribution in [2.45, 2.75) is 52.3 Å². The fraction of sp³-hybridized carbons (Fsp3) is 0.471. The lowest BCUT2D eigenvalue weighted by atomic mass is 10.0. The Morgan fingerprint density at radius 3 is 3.05 bits per heavy atom. The van der Waals surface area contributed by atoms with Gasteiger partial charge in [0, 0.05) is 31.3 Å². The molecule has 0 saturated carbocycles. The van der Waals surface area contributed by atoms with Gasteiger partial charge >= 0.3 is 0 Å². The monoisotopic (exact) mass is 285 g/mol. The highest BCUT2D eigenvalue weighted by Gasteiger charge is 2.31. The second-order valence-corrected chi connectivity index (χ2v) is 6.29. The van der Waals surface area contributed by atoms with E-state index in [0.717, 1.165) is 37.4 Å². The minimum Gasteiger partial charge on any atom is -0.487 e. The molecule has 112 valence electrons. The van der Waals surface area contributed by atoms with E-state index in [1.807, 2.05) is 10.9 Å². The van der Waals surface area contributed by atoms with E-state index in [1.54, 1.807) is 0 Å². The van der Waals surface area contributed by atoms with Crippen LogP contribution in [0.4, 0.5) is 5.69 Å². The Labute approximate surface area is 126 Å². The van der Waals surface area contributed by atoms with Crippen LogP contribution in [0.25, 0.3) is 0 Å². The number of para-hydroxylation sites is 1. The first-order valence-corrected chi connectivity index (χ1v) is 7.63. The van der Waals surface area contributed by atoms with Crippen LogP contribution in [0.2, 0.25) is 0 Å². The largest absolute Gasteiger partial charge is 0.487 e. The SMILES string of the molecule is CCCn1cc(NCc2cccc3c2OC(C)(C)C3)cn1. The molecule has 0 unspecified atom stereocenters. The lowest BCUT2D eigenvalue weighted by molar-refractivity contribution is 0.137. The summed E-state index contributed by atoms with van der Waals surface area (Å²) in [4.78, 5) is 0. The summed E-state index contributed by atoms with van der Waals surface area (Å²) in [6, 6.07) is 6.40. The topological polar surface area (TPSA) is 39.1 Å². The zero-order valence-electron chi connectivity index (χ0n) is 13.0. The maximum absolute atomic E-state index is 6.10. The molecular weight excluding hydrogens is 262 g/mol. The summed E-state index contributed by atoms with van der Waals surface area (Å²) in [5, 5.41) is 7.77. The van der Waals surface area contributed by atoms with Crippen molar-refractivity contribution in [1.82, 2.24) is 9.78 Å². The first-order chi connectivity index (χ1) is 10.1. The van der Waals surface area contributed by atoms with E-state index < -0.39 is 0 Å². The molecule has 1 aromatic carbocycles. The van der Waals surface area contributed by atoms with Crippen molar-refractivity contribution < 1.29 is 4.74 Å². The van der Waals surface area contributed by atoms with Gasteiger partial charge in [-0.3, -0.25) is 4.68 Å². The number of benzene rings is 1. The number of hydrogen-bond donors (Lipinski definition) is 1. The standard InChI is InChI=1S/C17H23N3O/c1-4-8-20-12-15(11-19-20)18-10-14-7-5-6-13-9-17(2,3)21-16(13)14/h5-7,11-12,18H,4,8-10H2,1-3H3. The molecule has 1 aliphatic rings. The van der Waals surface area contributed by atoms with Gasteiger partial charge in [-0.1, -0.05) is 25.1 Å². The van der Waals surface area contributed by atoms with Crippen molar-refractivity contribution >= 4 is 5.69 Å². The molecule has 1 aromatic heterocycles. The average Bonchev–Trinajstić information content (AvgIpc) is 2.99. The normalized spacial score (nSPS) is 15.6. The molecule has 1 N–H and O–H groups in total. The molecule has 0 atom stereocenters. The van der Waals surface area contributed by atoms with Crippen LogP contribution in [0.3, 0.4) is 0 Å². The molecule has 21 heavy (non-hydrogen) atoms. The van der Waals surface area contributed by atoms with Crippen LogP contribution in [0.5, 0.6) is 5.75 Å². The van der Waals surface area contributed by atoms with Crippen LogP contribution in [-0.4, -0.2) is 15.4 Å². The van der Waals surface area contributed by atoms with E-state index >= 15 is 0 Å². The summed E-state index contributed by atoms with van der Waals surface area (Å²) < 4.78 is 8.07. The predicted octanol–water partition coefficient (Wildman–Crippen LogP) is 3.62. The summed E-state index contributed by atoms with van der Waals surface area (Å²) in [5.74, 6) is 1.05. The quantitative estimate of drug-likeness (QED) is 0.912. The molecule has 0 bridgehead atoms. The zero-order chi connectivity index (χ0) is 14.9. The van der Waals surface area contributed by atoms with E-state index in [2.05, 4.69) is 55.6 Å². The van der Waals surface area contributed by atoms with Gasteiger partial charge in [-0.05, 0) is 25.8 Å². The minimum atomic E-state index is -0.0928. The summed E-state index contributed by atoms with van der Waals surface area (Å²) in [7, 11) is 0. The van der Waals surface area contributed by atoms with Crippen molar-refractivity contribution in [3.63, 3.8) is 0 Å². The van der Waals surface area contributed by atoms with Crippen LogP contribution >= 0.6 is 0 Å². The van der Waals surface area contributed by atoms with Gasteiger partial charge in [0.05, 0.1) is 11.9 Å². The predicted molar refractivity (Wildman–Crippen MR) is 84.7 cm³/mol. The van der Waals surface area contributed by atoms with Gasteiger partial charge in [0.2, 0.25) is 0 Å². The van der Waals surface area contributed by atoms with Crippen LogP contribution in [-0.2, 0) is 19.5 Å². The van der Waals surface area contributed by atoms with Crippen LogP contribution in [0.1, 0.15) is 38.3 Å². The number of fused-ring (bicyclic) bond motifs is 1.